The maximum atomic E-state index is 13.0. The third-order valence-corrected chi connectivity index (χ3v) is 6.99. The van der Waals surface area contributed by atoms with E-state index in [4.69, 9.17) is 9.47 Å². The van der Waals surface area contributed by atoms with Gasteiger partial charge in [-0.1, -0.05) is 12.1 Å². The lowest BCUT2D eigenvalue weighted by Gasteiger charge is -2.25. The third kappa shape index (κ3) is 3.87. The molecule has 1 fully saturated rings. The molecule has 0 radical (unpaired) electrons. The minimum absolute atomic E-state index is 0.161. The van der Waals surface area contributed by atoms with Crippen molar-refractivity contribution in [3.63, 3.8) is 0 Å². The SMILES string of the molecule is CN(Cc1nc2ccccc2s1)C(=O)C[NH+]1CCC[C@@H]1c1ccc2c(c1)OCCO2. The number of thiazole rings is 1. The van der Waals surface area contributed by atoms with E-state index < -0.39 is 0 Å². The monoisotopic (exact) mass is 424 g/mol. The highest BCUT2D eigenvalue weighted by molar-refractivity contribution is 7.18. The molecule has 0 bridgehead atoms. The Bertz CT molecular complexity index is 1030. The van der Waals surface area contributed by atoms with Crippen LogP contribution in [0.2, 0.25) is 0 Å². The fraction of sp³-hybridized carbons (Fsp3) is 0.391. The lowest BCUT2D eigenvalue weighted by atomic mass is 10.0. The number of quaternary nitrogens is 1. The van der Waals surface area contributed by atoms with Gasteiger partial charge in [-0.25, -0.2) is 4.98 Å². The summed E-state index contributed by atoms with van der Waals surface area (Å²) in [6, 6.07) is 14.7. The topological polar surface area (TPSA) is 56.1 Å². The number of carbonyl (C=O) groups excluding carboxylic acids is 1. The molecular weight excluding hydrogens is 398 g/mol. The Morgan fingerprint density at radius 1 is 1.20 bits per heavy atom. The largest absolute Gasteiger partial charge is 0.486 e. The molecule has 7 heteroatoms. The number of hydrogen-bond donors (Lipinski definition) is 1. The van der Waals surface area contributed by atoms with Gasteiger partial charge in [0.2, 0.25) is 0 Å². The highest BCUT2D eigenvalue weighted by Crippen LogP contribution is 2.33. The lowest BCUT2D eigenvalue weighted by Crippen LogP contribution is -3.11. The molecule has 1 unspecified atom stereocenters. The molecule has 0 spiro atoms. The van der Waals surface area contributed by atoms with Gasteiger partial charge in [-0.3, -0.25) is 4.79 Å². The van der Waals surface area contributed by atoms with Crippen molar-refractivity contribution in [1.82, 2.24) is 9.88 Å². The highest BCUT2D eigenvalue weighted by atomic mass is 32.1. The van der Waals surface area contributed by atoms with Crippen LogP contribution in [0.25, 0.3) is 10.2 Å². The molecule has 1 saturated heterocycles. The summed E-state index contributed by atoms with van der Waals surface area (Å²) in [5.74, 6) is 1.80. The smallest absolute Gasteiger partial charge is 0.277 e. The van der Waals surface area contributed by atoms with Gasteiger partial charge in [0, 0.05) is 25.5 Å². The first-order chi connectivity index (χ1) is 14.7. The van der Waals surface area contributed by atoms with Crippen molar-refractivity contribution in [2.75, 3.05) is 33.4 Å². The van der Waals surface area contributed by atoms with E-state index in [2.05, 4.69) is 23.2 Å². The number of carbonyl (C=O) groups is 1. The average molecular weight is 425 g/mol. The number of rotatable bonds is 5. The van der Waals surface area contributed by atoms with Crippen LogP contribution in [0.4, 0.5) is 0 Å². The Morgan fingerprint density at radius 2 is 2.03 bits per heavy atom. The summed E-state index contributed by atoms with van der Waals surface area (Å²) in [5.41, 5.74) is 2.23. The lowest BCUT2D eigenvalue weighted by molar-refractivity contribution is -0.910. The second kappa shape index (κ2) is 8.24. The summed E-state index contributed by atoms with van der Waals surface area (Å²) in [5, 5.41) is 0.979. The first kappa shape index (κ1) is 19.3. The second-order valence-electron chi connectivity index (χ2n) is 8.01. The van der Waals surface area contributed by atoms with Crippen molar-refractivity contribution in [3.05, 3.63) is 53.0 Å². The minimum Gasteiger partial charge on any atom is -0.486 e. The molecule has 2 aromatic carbocycles. The fourth-order valence-electron chi connectivity index (χ4n) is 4.41. The Labute approximate surface area is 180 Å². The van der Waals surface area contributed by atoms with Crippen molar-refractivity contribution >= 4 is 27.5 Å². The Kier molecular flexibility index (Phi) is 5.31. The van der Waals surface area contributed by atoms with E-state index in [0.717, 1.165) is 46.1 Å². The average Bonchev–Trinajstić information content (AvgIpc) is 3.39. The summed E-state index contributed by atoms with van der Waals surface area (Å²) < 4.78 is 12.6. The molecule has 1 amide bonds. The van der Waals surface area contributed by atoms with Crippen molar-refractivity contribution in [2.24, 2.45) is 0 Å². The van der Waals surface area contributed by atoms with Gasteiger partial charge >= 0.3 is 0 Å². The van der Waals surface area contributed by atoms with Crippen LogP contribution < -0.4 is 14.4 Å². The standard InChI is InChI=1S/C23H25N3O3S/c1-25(14-22-24-17-5-2-3-7-21(17)30-22)23(27)15-26-10-4-6-18(26)16-8-9-19-20(13-16)29-12-11-28-19/h2-3,5,7-9,13,18H,4,6,10-12,14-15H2,1H3/p+1/t18-/m1/s1. The summed E-state index contributed by atoms with van der Waals surface area (Å²) in [4.78, 5) is 20.8. The van der Waals surface area contributed by atoms with Gasteiger partial charge in [0.25, 0.3) is 5.91 Å². The summed E-state index contributed by atoms with van der Waals surface area (Å²) in [6.07, 6.45) is 2.22. The molecule has 3 aromatic rings. The number of likely N-dealkylation sites (tertiary alicyclic amines) is 1. The van der Waals surface area contributed by atoms with Crippen molar-refractivity contribution in [1.29, 1.82) is 0 Å². The van der Waals surface area contributed by atoms with E-state index >= 15 is 0 Å². The van der Waals surface area contributed by atoms with Gasteiger partial charge in [-0.2, -0.15) is 0 Å². The molecule has 3 heterocycles. The number of aromatic nitrogens is 1. The number of fused-ring (bicyclic) bond motifs is 2. The molecule has 2 aliphatic heterocycles. The van der Waals surface area contributed by atoms with Crippen LogP contribution in [0.3, 0.4) is 0 Å². The molecule has 30 heavy (non-hydrogen) atoms. The van der Waals surface area contributed by atoms with Crippen LogP contribution in [0.15, 0.2) is 42.5 Å². The highest BCUT2D eigenvalue weighted by Gasteiger charge is 2.33. The number of hydrogen-bond acceptors (Lipinski definition) is 5. The molecule has 6 nitrogen and oxygen atoms in total. The van der Waals surface area contributed by atoms with Crippen LogP contribution in [0.1, 0.15) is 29.5 Å². The van der Waals surface area contributed by atoms with Crippen molar-refractivity contribution in [2.45, 2.75) is 25.4 Å². The zero-order chi connectivity index (χ0) is 20.5. The predicted molar refractivity (Wildman–Crippen MR) is 116 cm³/mol. The molecule has 1 aromatic heterocycles. The van der Waals surface area contributed by atoms with E-state index in [1.165, 1.54) is 10.5 Å². The zero-order valence-corrected chi connectivity index (χ0v) is 17.9. The predicted octanol–water partition coefficient (Wildman–Crippen LogP) is 2.45. The van der Waals surface area contributed by atoms with E-state index in [1.807, 2.05) is 36.2 Å². The van der Waals surface area contributed by atoms with Crippen molar-refractivity contribution < 1.29 is 19.2 Å². The van der Waals surface area contributed by atoms with Crippen LogP contribution in [0, 0.1) is 0 Å². The second-order valence-corrected chi connectivity index (χ2v) is 9.12. The molecular formula is C23H26N3O3S+. The van der Waals surface area contributed by atoms with Crippen LogP contribution in [-0.2, 0) is 11.3 Å². The number of nitrogens with one attached hydrogen (secondary N) is 1. The third-order valence-electron chi connectivity index (χ3n) is 5.97. The molecule has 5 rings (SSSR count). The number of likely N-dealkylation sites (N-methyl/N-ethyl adjacent to an activating group) is 1. The van der Waals surface area contributed by atoms with E-state index in [9.17, 15) is 4.79 Å². The van der Waals surface area contributed by atoms with Crippen LogP contribution >= 0.6 is 11.3 Å². The fourth-order valence-corrected chi connectivity index (χ4v) is 5.43. The van der Waals surface area contributed by atoms with Crippen molar-refractivity contribution in [3.8, 4) is 11.5 Å². The Balaban J connectivity index is 1.25. The summed E-state index contributed by atoms with van der Waals surface area (Å²) >= 11 is 1.66. The number of nitrogens with zero attached hydrogens (tertiary/aromatic N) is 2. The zero-order valence-electron chi connectivity index (χ0n) is 17.1. The molecule has 0 aliphatic carbocycles. The van der Waals surface area contributed by atoms with Gasteiger partial charge in [0.05, 0.1) is 23.3 Å². The first-order valence-corrected chi connectivity index (χ1v) is 11.3. The minimum atomic E-state index is 0.161. The van der Waals surface area contributed by atoms with Crippen LogP contribution in [-0.4, -0.2) is 49.1 Å². The number of para-hydroxylation sites is 1. The summed E-state index contributed by atoms with van der Waals surface area (Å²) in [7, 11) is 1.88. The first-order valence-electron chi connectivity index (χ1n) is 10.5. The van der Waals surface area contributed by atoms with E-state index in [-0.39, 0.29) is 5.91 Å². The van der Waals surface area contributed by atoms with Gasteiger partial charge in [0.1, 0.15) is 24.3 Å². The Hall–Kier alpha value is -2.64. The quantitative estimate of drug-likeness (QED) is 0.684. The maximum absolute atomic E-state index is 13.0. The van der Waals surface area contributed by atoms with Gasteiger partial charge in [0.15, 0.2) is 18.0 Å². The molecule has 1 N–H and O–H groups in total. The van der Waals surface area contributed by atoms with E-state index in [0.29, 0.717) is 32.3 Å². The number of amides is 1. The molecule has 0 saturated carbocycles. The van der Waals surface area contributed by atoms with Crippen LogP contribution in [0.5, 0.6) is 11.5 Å². The molecule has 156 valence electrons. The number of ether oxygens (including phenoxy) is 2. The summed E-state index contributed by atoms with van der Waals surface area (Å²) in [6.45, 7) is 3.26. The number of benzene rings is 2. The maximum Gasteiger partial charge on any atom is 0.277 e. The molecule has 2 atom stereocenters. The van der Waals surface area contributed by atoms with Gasteiger partial charge < -0.3 is 19.3 Å². The van der Waals surface area contributed by atoms with E-state index in [1.54, 1.807) is 11.3 Å². The molecule has 2 aliphatic rings. The van der Waals surface area contributed by atoms with Gasteiger partial charge in [-0.05, 0) is 30.3 Å². The van der Waals surface area contributed by atoms with Gasteiger partial charge in [-0.15, -0.1) is 11.3 Å². The Morgan fingerprint density at radius 3 is 2.90 bits per heavy atom. The normalized spacial score (nSPS) is 20.4.